The zero-order chi connectivity index (χ0) is 15.2. The Morgan fingerprint density at radius 1 is 1.10 bits per heavy atom. The van der Waals surface area contributed by atoms with Crippen LogP contribution in [0.25, 0.3) is 0 Å². The van der Waals surface area contributed by atoms with Crippen LogP contribution in [0, 0.1) is 13.8 Å². The van der Waals surface area contributed by atoms with E-state index in [0.717, 1.165) is 25.9 Å². The van der Waals surface area contributed by atoms with E-state index in [-0.39, 0.29) is 6.04 Å². The van der Waals surface area contributed by atoms with Gasteiger partial charge in [-0.15, -0.1) is 0 Å². The van der Waals surface area contributed by atoms with Crippen LogP contribution >= 0.6 is 0 Å². The van der Waals surface area contributed by atoms with Crippen LogP contribution in [0.3, 0.4) is 0 Å². The fourth-order valence-corrected chi connectivity index (χ4v) is 3.20. The fourth-order valence-electron chi connectivity index (χ4n) is 3.20. The zero-order valence-electron chi connectivity index (χ0n) is 13.6. The minimum absolute atomic E-state index is 0.215. The number of amides is 1. The molecule has 0 bridgehead atoms. The molecule has 0 spiro atoms. The number of rotatable bonds is 4. The SMILES string of the molecule is CNC(CN1CCCCCCC1=O)c1cc(C)cc(C)c1. The van der Waals surface area contributed by atoms with Gasteiger partial charge >= 0.3 is 0 Å². The maximum atomic E-state index is 12.3. The number of benzene rings is 1. The summed E-state index contributed by atoms with van der Waals surface area (Å²) in [7, 11) is 1.98. The topological polar surface area (TPSA) is 32.3 Å². The molecule has 1 saturated heterocycles. The largest absolute Gasteiger partial charge is 0.341 e. The Hall–Kier alpha value is -1.35. The molecule has 1 N–H and O–H groups in total. The molecule has 1 amide bonds. The van der Waals surface area contributed by atoms with Gasteiger partial charge in [-0.25, -0.2) is 0 Å². The number of likely N-dealkylation sites (N-methyl/N-ethyl adjacent to an activating group) is 1. The summed E-state index contributed by atoms with van der Waals surface area (Å²) in [5.41, 5.74) is 3.85. The molecule has 116 valence electrons. The lowest BCUT2D eigenvalue weighted by Gasteiger charge is -2.29. The Bertz CT molecular complexity index is 464. The maximum Gasteiger partial charge on any atom is 0.222 e. The molecule has 0 aromatic heterocycles. The lowest BCUT2D eigenvalue weighted by molar-refractivity contribution is -0.132. The molecule has 1 fully saturated rings. The Kier molecular flexibility index (Phi) is 5.80. The minimum Gasteiger partial charge on any atom is -0.341 e. The number of carbonyl (C=O) groups is 1. The molecule has 0 saturated carbocycles. The molecule has 1 atom stereocenters. The number of nitrogens with zero attached hydrogens (tertiary/aromatic N) is 1. The van der Waals surface area contributed by atoms with E-state index in [9.17, 15) is 4.79 Å². The molecule has 3 heteroatoms. The van der Waals surface area contributed by atoms with E-state index in [0.29, 0.717) is 12.3 Å². The number of carbonyl (C=O) groups excluding carboxylic acids is 1. The predicted molar refractivity (Wildman–Crippen MR) is 87.4 cm³/mol. The summed E-state index contributed by atoms with van der Waals surface area (Å²) in [6, 6.07) is 6.86. The molecule has 21 heavy (non-hydrogen) atoms. The van der Waals surface area contributed by atoms with Crippen molar-refractivity contribution in [2.45, 2.75) is 52.0 Å². The summed E-state index contributed by atoms with van der Waals surface area (Å²) in [5, 5.41) is 3.38. The molecule has 1 aromatic rings. The third-order valence-corrected chi connectivity index (χ3v) is 4.32. The van der Waals surface area contributed by atoms with Crippen LogP contribution in [0.15, 0.2) is 18.2 Å². The number of hydrogen-bond donors (Lipinski definition) is 1. The highest BCUT2D eigenvalue weighted by Crippen LogP contribution is 2.20. The predicted octanol–water partition coefficient (Wildman–Crippen LogP) is 3.36. The normalized spacial score (nSPS) is 18.2. The first-order valence-electron chi connectivity index (χ1n) is 8.13. The van der Waals surface area contributed by atoms with Crippen LogP contribution < -0.4 is 5.32 Å². The highest BCUT2D eigenvalue weighted by Gasteiger charge is 2.20. The van der Waals surface area contributed by atoms with Crippen LogP contribution in [-0.4, -0.2) is 30.9 Å². The third-order valence-electron chi connectivity index (χ3n) is 4.32. The monoisotopic (exact) mass is 288 g/mol. The molecule has 1 aliphatic heterocycles. The third kappa shape index (κ3) is 4.57. The van der Waals surface area contributed by atoms with Crippen molar-refractivity contribution in [3.8, 4) is 0 Å². The van der Waals surface area contributed by atoms with Crippen LogP contribution in [0.1, 0.15) is 54.8 Å². The molecular weight excluding hydrogens is 260 g/mol. The number of aryl methyl sites for hydroxylation is 2. The fraction of sp³-hybridized carbons (Fsp3) is 0.611. The van der Waals surface area contributed by atoms with Gasteiger partial charge in [0.2, 0.25) is 5.91 Å². The van der Waals surface area contributed by atoms with Gasteiger partial charge in [0, 0.05) is 25.6 Å². The quantitative estimate of drug-likeness (QED) is 0.921. The maximum absolute atomic E-state index is 12.3. The standard InChI is InChI=1S/C18H28N2O/c1-14-10-15(2)12-16(11-14)17(19-3)13-20-9-7-5-4-6-8-18(20)21/h10-12,17,19H,4-9,13H2,1-3H3. The first-order chi connectivity index (χ1) is 10.1. The Balaban J connectivity index is 2.11. The van der Waals surface area contributed by atoms with Gasteiger partial charge in [-0.1, -0.05) is 42.2 Å². The summed E-state index contributed by atoms with van der Waals surface area (Å²) in [6.45, 7) is 5.94. The van der Waals surface area contributed by atoms with Gasteiger partial charge in [-0.05, 0) is 39.3 Å². The Morgan fingerprint density at radius 2 is 1.76 bits per heavy atom. The lowest BCUT2D eigenvalue weighted by Crippen LogP contribution is -2.39. The van der Waals surface area contributed by atoms with Crippen molar-refractivity contribution < 1.29 is 4.79 Å². The van der Waals surface area contributed by atoms with E-state index in [1.54, 1.807) is 0 Å². The van der Waals surface area contributed by atoms with Crippen molar-refractivity contribution in [3.05, 3.63) is 34.9 Å². The van der Waals surface area contributed by atoms with Crippen molar-refractivity contribution in [1.29, 1.82) is 0 Å². The lowest BCUT2D eigenvalue weighted by atomic mass is 10.00. The molecule has 1 heterocycles. The highest BCUT2D eigenvalue weighted by atomic mass is 16.2. The molecule has 0 radical (unpaired) electrons. The second kappa shape index (κ2) is 7.60. The smallest absolute Gasteiger partial charge is 0.222 e. The summed E-state index contributed by atoms with van der Waals surface area (Å²) >= 11 is 0. The van der Waals surface area contributed by atoms with Crippen LogP contribution in [0.4, 0.5) is 0 Å². The average molecular weight is 288 g/mol. The van der Waals surface area contributed by atoms with Gasteiger partial charge in [0.25, 0.3) is 0 Å². The van der Waals surface area contributed by atoms with Crippen molar-refractivity contribution in [2.24, 2.45) is 0 Å². The molecule has 1 aliphatic rings. The minimum atomic E-state index is 0.215. The number of likely N-dealkylation sites (tertiary alicyclic amines) is 1. The zero-order valence-corrected chi connectivity index (χ0v) is 13.6. The van der Waals surface area contributed by atoms with Gasteiger partial charge in [0.1, 0.15) is 0 Å². The molecule has 1 unspecified atom stereocenters. The van der Waals surface area contributed by atoms with E-state index < -0.39 is 0 Å². The van der Waals surface area contributed by atoms with E-state index in [4.69, 9.17) is 0 Å². The molecule has 1 aromatic carbocycles. The summed E-state index contributed by atoms with van der Waals surface area (Å²) < 4.78 is 0. The van der Waals surface area contributed by atoms with Gasteiger partial charge in [0.05, 0.1) is 0 Å². The molecular formula is C18H28N2O. The summed E-state index contributed by atoms with van der Waals surface area (Å²) in [6.07, 6.45) is 5.34. The Morgan fingerprint density at radius 3 is 2.43 bits per heavy atom. The van der Waals surface area contributed by atoms with E-state index in [1.807, 2.05) is 7.05 Å². The molecule has 3 nitrogen and oxygen atoms in total. The van der Waals surface area contributed by atoms with E-state index in [2.05, 4.69) is 42.3 Å². The van der Waals surface area contributed by atoms with Crippen LogP contribution in [0.5, 0.6) is 0 Å². The number of nitrogens with one attached hydrogen (secondary N) is 1. The van der Waals surface area contributed by atoms with Gasteiger partial charge < -0.3 is 10.2 Å². The van der Waals surface area contributed by atoms with Crippen LogP contribution in [0.2, 0.25) is 0 Å². The highest BCUT2D eigenvalue weighted by molar-refractivity contribution is 5.76. The first-order valence-corrected chi connectivity index (χ1v) is 8.13. The van der Waals surface area contributed by atoms with Crippen molar-refractivity contribution in [2.75, 3.05) is 20.1 Å². The summed E-state index contributed by atoms with van der Waals surface area (Å²) in [5.74, 6) is 0.319. The van der Waals surface area contributed by atoms with Gasteiger partial charge in [0.15, 0.2) is 0 Å². The average Bonchev–Trinajstić information content (AvgIpc) is 2.42. The van der Waals surface area contributed by atoms with Gasteiger partial charge in [-0.2, -0.15) is 0 Å². The molecule has 0 aliphatic carbocycles. The van der Waals surface area contributed by atoms with Crippen molar-refractivity contribution >= 4 is 5.91 Å². The van der Waals surface area contributed by atoms with Crippen molar-refractivity contribution in [1.82, 2.24) is 10.2 Å². The summed E-state index contributed by atoms with van der Waals surface area (Å²) in [4.78, 5) is 14.3. The van der Waals surface area contributed by atoms with Crippen molar-refractivity contribution in [3.63, 3.8) is 0 Å². The van der Waals surface area contributed by atoms with E-state index >= 15 is 0 Å². The molecule has 2 rings (SSSR count). The second-order valence-corrected chi connectivity index (χ2v) is 6.27. The Labute approximate surface area is 128 Å². The van der Waals surface area contributed by atoms with Crippen LogP contribution in [-0.2, 0) is 4.79 Å². The van der Waals surface area contributed by atoms with E-state index in [1.165, 1.54) is 29.5 Å². The first kappa shape index (κ1) is 16.0. The van der Waals surface area contributed by atoms with Gasteiger partial charge in [-0.3, -0.25) is 4.79 Å². The second-order valence-electron chi connectivity index (χ2n) is 6.27. The number of hydrogen-bond acceptors (Lipinski definition) is 2.